The van der Waals surface area contributed by atoms with Crippen LogP contribution in [0.5, 0.6) is 0 Å². The Bertz CT molecular complexity index is 1380. The first-order valence-electron chi connectivity index (χ1n) is 15.4. The van der Waals surface area contributed by atoms with E-state index in [0.29, 0.717) is 41.0 Å². The minimum atomic E-state index is -4.69. The predicted octanol–water partition coefficient (Wildman–Crippen LogP) is 6.87. The molecule has 2 fully saturated rings. The monoisotopic (exact) mass is 625 g/mol. The van der Waals surface area contributed by atoms with E-state index in [9.17, 15) is 26.4 Å². The molecule has 4 rings (SSSR count). The Morgan fingerprint density at radius 1 is 1.05 bits per heavy atom. The van der Waals surface area contributed by atoms with E-state index in [2.05, 4.69) is 9.88 Å². The van der Waals surface area contributed by atoms with Crippen LogP contribution < -0.4 is 5.32 Å². The zero-order valence-electron chi connectivity index (χ0n) is 26.0. The van der Waals surface area contributed by atoms with E-state index in [-0.39, 0.29) is 16.8 Å². The number of nitrogens with one attached hydrogen (secondary N) is 1. The summed E-state index contributed by atoms with van der Waals surface area (Å²) in [6.45, 7) is 8.53. The average Bonchev–Trinajstić information content (AvgIpc) is 3.27. The second-order valence-electron chi connectivity index (χ2n) is 13.0. The van der Waals surface area contributed by atoms with Gasteiger partial charge in [0.1, 0.15) is 6.54 Å². The molecule has 0 unspecified atom stereocenters. The van der Waals surface area contributed by atoms with E-state index in [1.54, 1.807) is 19.1 Å². The quantitative estimate of drug-likeness (QED) is 0.330. The first-order chi connectivity index (χ1) is 20.1. The fraction of sp³-hybridized carbons (Fsp3) is 0.656. The van der Waals surface area contributed by atoms with Crippen LogP contribution in [-0.2, 0) is 27.7 Å². The van der Waals surface area contributed by atoms with Crippen molar-refractivity contribution in [1.29, 1.82) is 0 Å². The maximum atomic E-state index is 13.7. The molecule has 7 nitrogen and oxygen atoms in total. The molecule has 2 heterocycles. The number of hydrogen-bond donors (Lipinski definition) is 1. The number of alkyl halides is 3. The lowest BCUT2D eigenvalue weighted by atomic mass is 9.89. The van der Waals surface area contributed by atoms with Crippen molar-refractivity contribution in [3.05, 3.63) is 41.1 Å². The van der Waals surface area contributed by atoms with Crippen LogP contribution in [0.2, 0.25) is 0 Å². The molecule has 0 radical (unpaired) electrons. The summed E-state index contributed by atoms with van der Waals surface area (Å²) in [5, 5.41) is 3.16. The summed E-state index contributed by atoms with van der Waals surface area (Å²) in [5.41, 5.74) is 2.13. The lowest BCUT2D eigenvalue weighted by Crippen LogP contribution is -2.50. The van der Waals surface area contributed by atoms with Crippen LogP contribution in [-0.4, -0.2) is 60.7 Å². The third-order valence-corrected chi connectivity index (χ3v) is 10.9. The minimum Gasteiger partial charge on any atom is -0.381 e. The normalized spacial score (nSPS) is 17.9. The zero-order chi connectivity index (χ0) is 31.6. The second kappa shape index (κ2) is 13.3. The standard InChI is InChI=1S/C32H46F3N3O4S/c1-6-24-18-25(12-13-29(24)43(40,41)38(31(3,4)5)21-32(33,34)35)28-19-27(30(39)36-26-14-16-42-17-15-26)22(2)37(28)20-23-10-8-7-9-11-23/h12-13,18-19,23,26H,6-11,14-17,20-21H2,1-5H3,(H,36,39). The van der Waals surface area contributed by atoms with E-state index >= 15 is 0 Å². The molecule has 1 aliphatic heterocycles. The molecule has 1 N–H and O–H groups in total. The summed E-state index contributed by atoms with van der Waals surface area (Å²) in [4.78, 5) is 13.3. The molecule has 0 spiro atoms. The number of sulfonamides is 1. The Balaban J connectivity index is 1.76. The van der Waals surface area contributed by atoms with Gasteiger partial charge >= 0.3 is 6.18 Å². The third kappa shape index (κ3) is 8.02. The van der Waals surface area contributed by atoms with Crippen LogP contribution in [0.15, 0.2) is 29.2 Å². The zero-order valence-corrected chi connectivity index (χ0v) is 26.8. The van der Waals surface area contributed by atoms with Crippen molar-refractivity contribution in [3.63, 3.8) is 0 Å². The van der Waals surface area contributed by atoms with Gasteiger partial charge in [0.2, 0.25) is 10.0 Å². The highest BCUT2D eigenvalue weighted by Crippen LogP contribution is 2.35. The van der Waals surface area contributed by atoms with Crippen LogP contribution in [0.1, 0.15) is 94.3 Å². The summed E-state index contributed by atoms with van der Waals surface area (Å²) in [6, 6.07) is 6.76. The molecule has 1 amide bonds. The molecular formula is C32H46F3N3O4S. The van der Waals surface area contributed by atoms with Gasteiger partial charge in [-0.05, 0) is 95.0 Å². The predicted molar refractivity (Wildman–Crippen MR) is 162 cm³/mol. The molecule has 1 aromatic heterocycles. The number of aromatic nitrogens is 1. The lowest BCUT2D eigenvalue weighted by molar-refractivity contribution is -0.142. The topological polar surface area (TPSA) is 80.6 Å². The van der Waals surface area contributed by atoms with Crippen LogP contribution in [0.4, 0.5) is 13.2 Å². The van der Waals surface area contributed by atoms with Crippen LogP contribution in [0, 0.1) is 12.8 Å². The highest BCUT2D eigenvalue weighted by Gasteiger charge is 2.43. The maximum Gasteiger partial charge on any atom is 0.402 e. The molecular weight excluding hydrogens is 579 g/mol. The molecule has 2 aliphatic rings. The maximum absolute atomic E-state index is 13.7. The highest BCUT2D eigenvalue weighted by atomic mass is 32.2. The van der Waals surface area contributed by atoms with Crippen LogP contribution >= 0.6 is 0 Å². The minimum absolute atomic E-state index is 0.0458. The van der Waals surface area contributed by atoms with E-state index in [0.717, 1.165) is 49.2 Å². The molecule has 1 saturated heterocycles. The van der Waals surface area contributed by atoms with Crippen molar-refractivity contribution >= 4 is 15.9 Å². The number of hydrogen-bond acceptors (Lipinski definition) is 4. The van der Waals surface area contributed by atoms with Gasteiger partial charge in [-0.15, -0.1) is 0 Å². The molecule has 0 atom stereocenters. The Morgan fingerprint density at radius 2 is 1.70 bits per heavy atom. The Hall–Kier alpha value is -2.37. The van der Waals surface area contributed by atoms with Crippen LogP contribution in [0.3, 0.4) is 0 Å². The molecule has 2 aromatic rings. The smallest absolute Gasteiger partial charge is 0.381 e. The van der Waals surface area contributed by atoms with Crippen molar-refractivity contribution in [2.24, 2.45) is 5.92 Å². The van der Waals surface area contributed by atoms with Gasteiger partial charge in [-0.1, -0.05) is 32.3 Å². The van der Waals surface area contributed by atoms with Crippen molar-refractivity contribution in [2.45, 2.75) is 115 Å². The van der Waals surface area contributed by atoms with Gasteiger partial charge in [0.15, 0.2) is 0 Å². The molecule has 240 valence electrons. The number of rotatable bonds is 9. The largest absolute Gasteiger partial charge is 0.402 e. The first-order valence-corrected chi connectivity index (χ1v) is 16.9. The van der Waals surface area contributed by atoms with Gasteiger partial charge in [-0.2, -0.15) is 17.5 Å². The van der Waals surface area contributed by atoms with E-state index in [1.807, 2.05) is 13.0 Å². The molecule has 0 bridgehead atoms. The summed E-state index contributed by atoms with van der Waals surface area (Å²) < 4.78 is 76.0. The molecule has 1 saturated carbocycles. The van der Waals surface area contributed by atoms with Crippen molar-refractivity contribution in [3.8, 4) is 11.3 Å². The summed E-state index contributed by atoms with van der Waals surface area (Å²) >= 11 is 0. The molecule has 43 heavy (non-hydrogen) atoms. The number of carbonyl (C=O) groups excluding carboxylic acids is 1. The number of nitrogens with zero attached hydrogens (tertiary/aromatic N) is 2. The van der Waals surface area contributed by atoms with Gasteiger partial charge < -0.3 is 14.6 Å². The number of carbonyl (C=O) groups is 1. The summed E-state index contributed by atoms with van der Waals surface area (Å²) in [5.74, 6) is 0.328. The first kappa shape index (κ1) is 33.5. The van der Waals surface area contributed by atoms with Gasteiger partial charge in [-0.25, -0.2) is 8.42 Å². The summed E-state index contributed by atoms with van der Waals surface area (Å²) in [6.07, 6.45) is 2.93. The van der Waals surface area contributed by atoms with Crippen molar-refractivity contribution in [2.75, 3.05) is 19.8 Å². The fourth-order valence-corrected chi connectivity index (χ4v) is 8.36. The highest BCUT2D eigenvalue weighted by molar-refractivity contribution is 7.89. The fourth-order valence-electron chi connectivity index (χ4n) is 6.31. The van der Waals surface area contributed by atoms with E-state index in [4.69, 9.17) is 4.74 Å². The van der Waals surface area contributed by atoms with Crippen LogP contribution in [0.25, 0.3) is 11.3 Å². The van der Waals surface area contributed by atoms with Gasteiger partial charge in [0.05, 0.1) is 10.5 Å². The van der Waals surface area contributed by atoms with Gasteiger partial charge in [0.25, 0.3) is 5.91 Å². The van der Waals surface area contributed by atoms with E-state index in [1.165, 1.54) is 46.1 Å². The SMILES string of the molecule is CCc1cc(-c2cc(C(=O)NC3CCOCC3)c(C)n2CC2CCCCC2)ccc1S(=O)(=O)N(CC(F)(F)F)C(C)(C)C. The number of benzene rings is 1. The van der Waals surface area contributed by atoms with Crippen molar-refractivity contribution < 1.29 is 31.1 Å². The molecule has 1 aliphatic carbocycles. The molecule has 1 aromatic carbocycles. The number of aryl methyl sites for hydroxylation is 1. The number of halogens is 3. The number of amides is 1. The Kier molecular flexibility index (Phi) is 10.4. The van der Waals surface area contributed by atoms with Crippen molar-refractivity contribution in [1.82, 2.24) is 14.2 Å². The Morgan fingerprint density at radius 3 is 2.28 bits per heavy atom. The molecule has 11 heteroatoms. The third-order valence-electron chi connectivity index (χ3n) is 8.71. The Labute approximate surface area is 254 Å². The number of ether oxygens (including phenoxy) is 1. The van der Waals surface area contributed by atoms with Gasteiger partial charge in [0, 0.05) is 42.7 Å². The lowest BCUT2D eigenvalue weighted by Gasteiger charge is -2.35. The average molecular weight is 626 g/mol. The summed E-state index contributed by atoms with van der Waals surface area (Å²) in [7, 11) is -4.47. The second-order valence-corrected chi connectivity index (χ2v) is 14.8. The van der Waals surface area contributed by atoms with E-state index < -0.39 is 28.3 Å². The van der Waals surface area contributed by atoms with Gasteiger partial charge in [-0.3, -0.25) is 4.79 Å².